The van der Waals surface area contributed by atoms with Crippen LogP contribution >= 0.6 is 11.8 Å². The van der Waals surface area contributed by atoms with Gasteiger partial charge in [0.1, 0.15) is 4.90 Å². The summed E-state index contributed by atoms with van der Waals surface area (Å²) in [6, 6.07) is 4.06. The Bertz CT molecular complexity index is 646. The Hall–Kier alpha value is -1.25. The predicted octanol–water partition coefficient (Wildman–Crippen LogP) is 0.884. The van der Waals surface area contributed by atoms with Gasteiger partial charge in [-0.15, -0.1) is 0 Å². The Morgan fingerprint density at radius 3 is 2.76 bits per heavy atom. The Morgan fingerprint density at radius 2 is 2.19 bits per heavy atom. The minimum atomic E-state index is -3.64. The quantitative estimate of drug-likeness (QED) is 0.798. The Balaban J connectivity index is 2.33. The summed E-state index contributed by atoms with van der Waals surface area (Å²) in [5.74, 6) is 0.142. The molecule has 0 aliphatic carbocycles. The molecule has 1 saturated heterocycles. The topological polar surface area (TPSA) is 106 Å². The zero-order valence-corrected chi connectivity index (χ0v) is 13.4. The number of nitrogens with two attached hydrogens (primary N) is 2. The molecule has 0 aromatic heterocycles. The van der Waals surface area contributed by atoms with Crippen molar-refractivity contribution in [2.75, 3.05) is 24.6 Å². The lowest BCUT2D eigenvalue weighted by Crippen LogP contribution is -2.41. The van der Waals surface area contributed by atoms with Gasteiger partial charge in [-0.25, -0.2) is 8.42 Å². The summed E-state index contributed by atoms with van der Waals surface area (Å²) in [7, 11) is -3.64. The van der Waals surface area contributed by atoms with Gasteiger partial charge in [-0.3, -0.25) is 4.79 Å². The van der Waals surface area contributed by atoms with Crippen LogP contribution < -0.4 is 11.5 Å². The van der Waals surface area contributed by atoms with Crippen LogP contribution in [0.3, 0.4) is 0 Å². The minimum absolute atomic E-state index is 0.0363. The molecule has 1 aromatic carbocycles. The monoisotopic (exact) mass is 329 g/mol. The van der Waals surface area contributed by atoms with Gasteiger partial charge in [0, 0.05) is 29.7 Å². The molecule has 1 aromatic rings. The number of hydrogen-bond donors (Lipinski definition) is 2. The van der Waals surface area contributed by atoms with Gasteiger partial charge in [0.25, 0.3) is 0 Å². The number of amides is 1. The molecule has 0 radical (unpaired) electrons. The molecule has 1 amide bonds. The lowest BCUT2D eigenvalue weighted by molar-refractivity contribution is 0.1000. The molecule has 1 aliphatic heterocycles. The summed E-state index contributed by atoms with van der Waals surface area (Å²) < 4.78 is 26.8. The minimum Gasteiger partial charge on any atom is -0.398 e. The highest BCUT2D eigenvalue weighted by molar-refractivity contribution is 8.00. The second-order valence-electron chi connectivity index (χ2n) is 4.88. The fourth-order valence-corrected chi connectivity index (χ4v) is 5.21. The third kappa shape index (κ3) is 3.33. The van der Waals surface area contributed by atoms with Crippen molar-refractivity contribution in [1.82, 2.24) is 4.31 Å². The van der Waals surface area contributed by atoms with Crippen LogP contribution in [-0.2, 0) is 10.0 Å². The fourth-order valence-electron chi connectivity index (χ4n) is 2.23. The van der Waals surface area contributed by atoms with E-state index < -0.39 is 15.9 Å². The first-order valence-electron chi connectivity index (χ1n) is 6.67. The molecule has 0 bridgehead atoms. The molecule has 6 nitrogen and oxygen atoms in total. The average molecular weight is 329 g/mol. The molecule has 116 valence electrons. The molecule has 2 rings (SSSR count). The number of anilines is 1. The van der Waals surface area contributed by atoms with Crippen molar-refractivity contribution in [2.24, 2.45) is 5.73 Å². The zero-order valence-electron chi connectivity index (χ0n) is 11.8. The van der Waals surface area contributed by atoms with Crippen LogP contribution in [-0.4, -0.2) is 42.7 Å². The Labute approximate surface area is 128 Å². The molecule has 1 fully saturated rings. The second-order valence-corrected chi connectivity index (χ2v) is 8.20. The molecule has 4 N–H and O–H groups in total. The maximum absolute atomic E-state index is 12.7. The van der Waals surface area contributed by atoms with E-state index in [9.17, 15) is 13.2 Å². The van der Waals surface area contributed by atoms with Crippen molar-refractivity contribution in [3.05, 3.63) is 23.8 Å². The first kappa shape index (κ1) is 16.1. The van der Waals surface area contributed by atoms with Gasteiger partial charge in [-0.05, 0) is 24.6 Å². The number of carbonyl (C=O) groups excluding carboxylic acids is 1. The normalized spacial score (nSPS) is 20.3. The Morgan fingerprint density at radius 1 is 1.48 bits per heavy atom. The van der Waals surface area contributed by atoms with E-state index in [4.69, 9.17) is 11.5 Å². The van der Waals surface area contributed by atoms with Crippen molar-refractivity contribution in [1.29, 1.82) is 0 Å². The largest absolute Gasteiger partial charge is 0.398 e. The second kappa shape index (κ2) is 6.25. The number of benzene rings is 1. The van der Waals surface area contributed by atoms with Crippen LogP contribution in [0.25, 0.3) is 0 Å². The average Bonchev–Trinajstić information content (AvgIpc) is 2.46. The van der Waals surface area contributed by atoms with Gasteiger partial charge in [-0.1, -0.05) is 6.92 Å². The van der Waals surface area contributed by atoms with Crippen LogP contribution in [0.2, 0.25) is 0 Å². The van der Waals surface area contributed by atoms with Gasteiger partial charge in [-0.2, -0.15) is 16.1 Å². The number of sulfonamides is 1. The van der Waals surface area contributed by atoms with E-state index in [2.05, 4.69) is 0 Å². The number of hydrogen-bond acceptors (Lipinski definition) is 5. The van der Waals surface area contributed by atoms with E-state index in [1.54, 1.807) is 11.8 Å². The van der Waals surface area contributed by atoms with Gasteiger partial charge in [0.2, 0.25) is 15.9 Å². The fraction of sp³-hybridized carbons (Fsp3) is 0.462. The molecule has 21 heavy (non-hydrogen) atoms. The van der Waals surface area contributed by atoms with Gasteiger partial charge >= 0.3 is 0 Å². The van der Waals surface area contributed by atoms with Gasteiger partial charge in [0.05, 0.1) is 5.69 Å². The van der Waals surface area contributed by atoms with Crippen molar-refractivity contribution in [2.45, 2.75) is 23.5 Å². The number of thioether (sulfide) groups is 1. The third-order valence-corrected chi connectivity index (χ3v) is 6.78. The predicted molar refractivity (Wildman–Crippen MR) is 84.7 cm³/mol. The SMILES string of the molecule is CCC1CN(S(=O)(=O)c2ccc(C(N)=O)cc2N)CCS1. The van der Waals surface area contributed by atoms with Crippen molar-refractivity contribution in [3.63, 3.8) is 0 Å². The van der Waals surface area contributed by atoms with Crippen molar-refractivity contribution in [3.8, 4) is 0 Å². The van der Waals surface area contributed by atoms with E-state index in [0.29, 0.717) is 18.3 Å². The van der Waals surface area contributed by atoms with E-state index in [1.165, 1.54) is 22.5 Å². The lowest BCUT2D eigenvalue weighted by Gasteiger charge is -2.31. The standard InChI is InChI=1S/C13H19N3O3S2/c1-2-10-8-16(5-6-20-10)21(18,19)12-4-3-9(13(15)17)7-11(12)14/h3-4,7,10H,2,5-6,8,14H2,1H3,(H2,15,17). The van der Waals surface area contributed by atoms with Crippen molar-refractivity contribution >= 4 is 33.4 Å². The molecular weight excluding hydrogens is 310 g/mol. The molecule has 1 aliphatic rings. The first-order valence-corrected chi connectivity index (χ1v) is 9.16. The summed E-state index contributed by atoms with van der Waals surface area (Å²) in [6.07, 6.45) is 0.923. The molecule has 1 unspecified atom stereocenters. The summed E-state index contributed by atoms with van der Waals surface area (Å²) in [5.41, 5.74) is 11.2. The molecule has 8 heteroatoms. The number of primary amides is 1. The van der Waals surface area contributed by atoms with Crippen LogP contribution in [0.5, 0.6) is 0 Å². The van der Waals surface area contributed by atoms with Crippen LogP contribution in [0, 0.1) is 0 Å². The van der Waals surface area contributed by atoms with Gasteiger partial charge in [0.15, 0.2) is 0 Å². The molecule has 0 saturated carbocycles. The summed E-state index contributed by atoms with van der Waals surface area (Å²) in [5, 5.41) is 0.305. The smallest absolute Gasteiger partial charge is 0.248 e. The van der Waals surface area contributed by atoms with E-state index in [-0.39, 0.29) is 16.1 Å². The van der Waals surface area contributed by atoms with E-state index in [1.807, 2.05) is 6.92 Å². The summed E-state index contributed by atoms with van der Waals surface area (Å²) in [4.78, 5) is 11.1. The number of carbonyl (C=O) groups is 1. The number of rotatable bonds is 4. The zero-order chi connectivity index (χ0) is 15.6. The third-order valence-electron chi connectivity index (χ3n) is 3.47. The molecule has 1 heterocycles. The van der Waals surface area contributed by atoms with Crippen molar-refractivity contribution < 1.29 is 13.2 Å². The number of nitrogens with zero attached hydrogens (tertiary/aromatic N) is 1. The van der Waals surface area contributed by atoms with Crippen LogP contribution in [0.15, 0.2) is 23.1 Å². The highest BCUT2D eigenvalue weighted by Crippen LogP contribution is 2.29. The highest BCUT2D eigenvalue weighted by atomic mass is 32.2. The summed E-state index contributed by atoms with van der Waals surface area (Å²) in [6.45, 7) is 3.00. The van der Waals surface area contributed by atoms with Crippen LogP contribution in [0.4, 0.5) is 5.69 Å². The van der Waals surface area contributed by atoms with E-state index in [0.717, 1.165) is 12.2 Å². The lowest BCUT2D eigenvalue weighted by atomic mass is 10.2. The van der Waals surface area contributed by atoms with Crippen LogP contribution in [0.1, 0.15) is 23.7 Å². The molecular formula is C13H19N3O3S2. The Kier molecular flexibility index (Phi) is 4.80. The number of nitrogen functional groups attached to an aromatic ring is 1. The highest BCUT2D eigenvalue weighted by Gasteiger charge is 2.31. The maximum Gasteiger partial charge on any atom is 0.248 e. The van der Waals surface area contributed by atoms with Gasteiger partial charge < -0.3 is 11.5 Å². The summed E-state index contributed by atoms with van der Waals surface area (Å²) >= 11 is 1.79. The first-order chi connectivity index (χ1) is 9.86. The van der Waals surface area contributed by atoms with E-state index >= 15 is 0 Å². The molecule has 1 atom stereocenters. The molecule has 0 spiro atoms. The maximum atomic E-state index is 12.7.